The molecule has 0 unspecified atom stereocenters. The molecule has 1 rings (SSSR count). The molecule has 1 aromatic rings. The fourth-order valence-electron chi connectivity index (χ4n) is 2.02. The Morgan fingerprint density at radius 2 is 1.62 bits per heavy atom. The Labute approximate surface area is 98.3 Å². The highest BCUT2D eigenvalue weighted by Gasteiger charge is 2.17. The third-order valence-corrected chi connectivity index (χ3v) is 3.04. The second kappa shape index (κ2) is 4.77. The summed E-state index contributed by atoms with van der Waals surface area (Å²) in [7, 11) is 0. The minimum absolute atomic E-state index is 0.158. The van der Waals surface area contributed by atoms with E-state index in [1.54, 1.807) is 0 Å². The highest BCUT2D eigenvalue weighted by atomic mass is 16.5. The molecule has 0 bridgehead atoms. The molecule has 0 saturated carbocycles. The molecule has 0 fully saturated rings. The SMILES string of the molecule is CCc1c(C)c(OC(C)C)c(C)c(C)c1O. The van der Waals surface area contributed by atoms with Crippen molar-refractivity contribution < 1.29 is 9.84 Å². The Morgan fingerprint density at radius 1 is 1.06 bits per heavy atom. The molecule has 0 saturated heterocycles. The Hall–Kier alpha value is -1.18. The van der Waals surface area contributed by atoms with Crippen molar-refractivity contribution in [1.29, 1.82) is 0 Å². The average molecular weight is 222 g/mol. The van der Waals surface area contributed by atoms with Gasteiger partial charge < -0.3 is 9.84 Å². The van der Waals surface area contributed by atoms with Crippen LogP contribution in [0.1, 0.15) is 43.0 Å². The molecule has 0 heterocycles. The van der Waals surface area contributed by atoms with Gasteiger partial charge in [-0.1, -0.05) is 6.92 Å². The Balaban J connectivity index is 3.43. The summed E-state index contributed by atoms with van der Waals surface area (Å²) in [6.07, 6.45) is 0.985. The summed E-state index contributed by atoms with van der Waals surface area (Å²) < 4.78 is 5.84. The second-order valence-electron chi connectivity index (χ2n) is 4.55. The molecular formula is C14H22O2. The van der Waals surface area contributed by atoms with Crippen LogP contribution in [0.25, 0.3) is 0 Å². The lowest BCUT2D eigenvalue weighted by Crippen LogP contribution is -2.10. The molecule has 1 aromatic carbocycles. The van der Waals surface area contributed by atoms with E-state index >= 15 is 0 Å². The lowest BCUT2D eigenvalue weighted by atomic mass is 9.96. The largest absolute Gasteiger partial charge is 0.507 e. The number of phenolic OH excluding ortho intramolecular Hbond substituents is 1. The van der Waals surface area contributed by atoms with Gasteiger partial charge in [0.15, 0.2) is 0 Å². The van der Waals surface area contributed by atoms with Gasteiger partial charge in [0.1, 0.15) is 11.5 Å². The molecule has 2 nitrogen and oxygen atoms in total. The molecule has 0 spiro atoms. The molecule has 0 aromatic heterocycles. The number of hydrogen-bond acceptors (Lipinski definition) is 2. The van der Waals surface area contributed by atoms with Gasteiger partial charge in [0.2, 0.25) is 0 Å². The van der Waals surface area contributed by atoms with Gasteiger partial charge in [-0.2, -0.15) is 0 Å². The molecule has 0 aliphatic carbocycles. The molecule has 0 atom stereocenters. The van der Waals surface area contributed by atoms with Crippen molar-refractivity contribution in [2.75, 3.05) is 0 Å². The number of ether oxygens (including phenoxy) is 1. The Kier molecular flexibility index (Phi) is 3.84. The minimum Gasteiger partial charge on any atom is -0.507 e. The van der Waals surface area contributed by atoms with Crippen LogP contribution >= 0.6 is 0 Å². The van der Waals surface area contributed by atoms with E-state index in [9.17, 15) is 5.11 Å². The number of hydrogen-bond donors (Lipinski definition) is 1. The topological polar surface area (TPSA) is 29.5 Å². The van der Waals surface area contributed by atoms with Crippen molar-refractivity contribution >= 4 is 0 Å². The summed E-state index contributed by atoms with van der Waals surface area (Å²) in [4.78, 5) is 0. The standard InChI is InChI=1S/C14H22O2/c1-7-12-11(6)14(16-8(2)3)10(5)9(4)13(12)15/h8,15H,7H2,1-6H3. The van der Waals surface area contributed by atoms with Gasteiger partial charge in [-0.05, 0) is 57.7 Å². The van der Waals surface area contributed by atoms with Crippen LogP contribution in [0.15, 0.2) is 0 Å². The van der Waals surface area contributed by atoms with Gasteiger partial charge in [0.25, 0.3) is 0 Å². The Bertz CT molecular complexity index is 392. The molecule has 0 aliphatic heterocycles. The summed E-state index contributed by atoms with van der Waals surface area (Å²) in [5.41, 5.74) is 4.04. The van der Waals surface area contributed by atoms with Crippen molar-refractivity contribution in [1.82, 2.24) is 0 Å². The van der Waals surface area contributed by atoms with Crippen LogP contribution in [0.4, 0.5) is 0 Å². The highest BCUT2D eigenvalue weighted by molar-refractivity contribution is 5.57. The third kappa shape index (κ3) is 2.16. The van der Waals surface area contributed by atoms with Crippen molar-refractivity contribution in [2.45, 2.75) is 54.1 Å². The first-order chi connectivity index (χ1) is 7.40. The van der Waals surface area contributed by atoms with Crippen LogP contribution in [-0.2, 0) is 6.42 Å². The van der Waals surface area contributed by atoms with E-state index in [0.29, 0.717) is 5.75 Å². The van der Waals surface area contributed by atoms with E-state index in [2.05, 4.69) is 6.92 Å². The quantitative estimate of drug-likeness (QED) is 0.845. The molecular weight excluding hydrogens is 200 g/mol. The molecule has 1 N–H and O–H groups in total. The van der Waals surface area contributed by atoms with E-state index in [4.69, 9.17) is 4.74 Å². The van der Waals surface area contributed by atoms with E-state index in [-0.39, 0.29) is 6.10 Å². The van der Waals surface area contributed by atoms with E-state index < -0.39 is 0 Å². The monoisotopic (exact) mass is 222 g/mol. The van der Waals surface area contributed by atoms with Crippen molar-refractivity contribution in [3.8, 4) is 11.5 Å². The number of aromatic hydroxyl groups is 1. The third-order valence-electron chi connectivity index (χ3n) is 3.04. The minimum atomic E-state index is 0.158. The molecule has 90 valence electrons. The van der Waals surface area contributed by atoms with E-state index in [0.717, 1.165) is 34.4 Å². The van der Waals surface area contributed by atoms with Crippen molar-refractivity contribution in [3.05, 3.63) is 22.3 Å². The lowest BCUT2D eigenvalue weighted by molar-refractivity contribution is 0.238. The van der Waals surface area contributed by atoms with Crippen LogP contribution in [0.2, 0.25) is 0 Å². The first-order valence-corrected chi connectivity index (χ1v) is 5.88. The highest BCUT2D eigenvalue weighted by Crippen LogP contribution is 2.37. The maximum atomic E-state index is 10.1. The van der Waals surface area contributed by atoms with Gasteiger partial charge in [-0.25, -0.2) is 0 Å². The zero-order valence-corrected chi connectivity index (χ0v) is 11.1. The van der Waals surface area contributed by atoms with Crippen LogP contribution in [0.3, 0.4) is 0 Å². The normalized spacial score (nSPS) is 10.9. The van der Waals surface area contributed by atoms with Gasteiger partial charge in [-0.15, -0.1) is 0 Å². The molecule has 0 radical (unpaired) electrons. The maximum Gasteiger partial charge on any atom is 0.126 e. The van der Waals surface area contributed by atoms with Gasteiger partial charge in [-0.3, -0.25) is 0 Å². The zero-order chi connectivity index (χ0) is 12.5. The average Bonchev–Trinajstić information content (AvgIpc) is 2.22. The first kappa shape index (κ1) is 12.9. The predicted molar refractivity (Wildman–Crippen MR) is 67.5 cm³/mol. The molecule has 0 aliphatic rings. The van der Waals surface area contributed by atoms with Crippen LogP contribution in [0, 0.1) is 20.8 Å². The number of rotatable bonds is 3. The second-order valence-corrected chi connectivity index (χ2v) is 4.55. The summed E-state index contributed by atoms with van der Waals surface area (Å²) >= 11 is 0. The van der Waals surface area contributed by atoms with Crippen molar-refractivity contribution in [3.63, 3.8) is 0 Å². The number of benzene rings is 1. The van der Waals surface area contributed by atoms with Crippen LogP contribution < -0.4 is 4.74 Å². The summed E-state index contributed by atoms with van der Waals surface area (Å²) in [6.45, 7) is 12.0. The van der Waals surface area contributed by atoms with Gasteiger partial charge >= 0.3 is 0 Å². The predicted octanol–water partition coefficient (Wildman–Crippen LogP) is 3.67. The van der Waals surface area contributed by atoms with Gasteiger partial charge in [0, 0.05) is 5.56 Å². The smallest absolute Gasteiger partial charge is 0.126 e. The fraction of sp³-hybridized carbons (Fsp3) is 0.571. The summed E-state index contributed by atoms with van der Waals surface area (Å²) in [5, 5.41) is 10.1. The van der Waals surface area contributed by atoms with Crippen molar-refractivity contribution in [2.24, 2.45) is 0 Å². The van der Waals surface area contributed by atoms with Crippen LogP contribution in [0.5, 0.6) is 11.5 Å². The zero-order valence-electron chi connectivity index (χ0n) is 11.1. The lowest BCUT2D eigenvalue weighted by Gasteiger charge is -2.20. The fourth-order valence-corrected chi connectivity index (χ4v) is 2.02. The summed E-state index contributed by atoms with van der Waals surface area (Å²) in [6, 6.07) is 0. The van der Waals surface area contributed by atoms with E-state index in [1.807, 2.05) is 34.6 Å². The summed E-state index contributed by atoms with van der Waals surface area (Å²) in [5.74, 6) is 1.36. The molecule has 16 heavy (non-hydrogen) atoms. The molecule has 0 amide bonds. The molecule has 2 heteroatoms. The maximum absolute atomic E-state index is 10.1. The first-order valence-electron chi connectivity index (χ1n) is 5.88. The number of phenols is 1. The van der Waals surface area contributed by atoms with Crippen LogP contribution in [-0.4, -0.2) is 11.2 Å². The van der Waals surface area contributed by atoms with E-state index in [1.165, 1.54) is 0 Å². The Morgan fingerprint density at radius 3 is 2.06 bits per heavy atom. The van der Waals surface area contributed by atoms with Gasteiger partial charge in [0.05, 0.1) is 6.10 Å².